The molecule has 1 unspecified atom stereocenters. The van der Waals surface area contributed by atoms with Gasteiger partial charge in [-0.15, -0.1) is 0 Å². The van der Waals surface area contributed by atoms with Gasteiger partial charge in [-0.05, 0) is 12.5 Å². The molecule has 0 radical (unpaired) electrons. The van der Waals surface area contributed by atoms with Crippen molar-refractivity contribution in [3.8, 4) is 6.07 Å². The van der Waals surface area contributed by atoms with Gasteiger partial charge in [0.05, 0.1) is 30.6 Å². The number of alkyl carbamates (subject to hydrolysis) is 1. The highest BCUT2D eigenvalue weighted by Gasteiger charge is 2.25. The number of nitriles is 1. The van der Waals surface area contributed by atoms with Crippen LogP contribution in [0.5, 0.6) is 0 Å². The third kappa shape index (κ3) is 2.51. The number of nitrogens with zero attached hydrogens (tertiary/aromatic N) is 3. The maximum Gasteiger partial charge on any atom is 0.407 e. The monoisotopic (exact) mass is 246 g/mol. The molecule has 6 heteroatoms. The third-order valence-electron chi connectivity index (χ3n) is 2.96. The molecule has 0 aromatic carbocycles. The second-order valence-corrected chi connectivity index (χ2v) is 4.07. The summed E-state index contributed by atoms with van der Waals surface area (Å²) in [7, 11) is 1.34. The number of anilines is 1. The number of pyridine rings is 1. The predicted octanol–water partition coefficient (Wildman–Crippen LogP) is 0.888. The zero-order chi connectivity index (χ0) is 13.0. The molecule has 94 valence electrons. The van der Waals surface area contributed by atoms with Crippen LogP contribution in [-0.2, 0) is 4.74 Å². The second-order valence-electron chi connectivity index (χ2n) is 4.07. The third-order valence-corrected chi connectivity index (χ3v) is 2.96. The van der Waals surface area contributed by atoms with Crippen molar-refractivity contribution < 1.29 is 9.53 Å². The minimum atomic E-state index is -0.423. The number of hydrogen-bond acceptors (Lipinski definition) is 5. The summed E-state index contributed by atoms with van der Waals surface area (Å²) in [6, 6.07) is 3.88. The minimum absolute atomic E-state index is 0.0456. The normalized spacial score (nSPS) is 18.2. The highest BCUT2D eigenvalue weighted by Crippen LogP contribution is 2.23. The van der Waals surface area contributed by atoms with Gasteiger partial charge in [-0.1, -0.05) is 0 Å². The topological polar surface area (TPSA) is 78.2 Å². The van der Waals surface area contributed by atoms with E-state index in [1.165, 1.54) is 7.11 Å². The van der Waals surface area contributed by atoms with Crippen LogP contribution in [-0.4, -0.2) is 37.3 Å². The Morgan fingerprint density at radius 3 is 3.28 bits per heavy atom. The Morgan fingerprint density at radius 1 is 1.72 bits per heavy atom. The Hall–Kier alpha value is -2.29. The Kier molecular flexibility index (Phi) is 3.63. The zero-order valence-electron chi connectivity index (χ0n) is 10.1. The number of carbonyl (C=O) groups is 1. The van der Waals surface area contributed by atoms with E-state index in [1.54, 1.807) is 18.5 Å². The van der Waals surface area contributed by atoms with Gasteiger partial charge in [0.2, 0.25) is 0 Å². The molecule has 0 bridgehead atoms. The maximum absolute atomic E-state index is 11.1. The lowest BCUT2D eigenvalue weighted by Gasteiger charge is -2.19. The highest BCUT2D eigenvalue weighted by atomic mass is 16.5. The molecule has 1 fully saturated rings. The van der Waals surface area contributed by atoms with Crippen LogP contribution in [0.15, 0.2) is 18.5 Å². The van der Waals surface area contributed by atoms with E-state index in [0.717, 1.165) is 18.7 Å². The average Bonchev–Trinajstić information content (AvgIpc) is 2.86. The molecular formula is C12H14N4O2. The number of amides is 1. The van der Waals surface area contributed by atoms with Crippen LogP contribution in [0.1, 0.15) is 12.0 Å². The van der Waals surface area contributed by atoms with Crippen LogP contribution < -0.4 is 10.2 Å². The van der Waals surface area contributed by atoms with E-state index in [-0.39, 0.29) is 6.04 Å². The summed E-state index contributed by atoms with van der Waals surface area (Å²) in [5.74, 6) is 0. The van der Waals surface area contributed by atoms with Crippen molar-refractivity contribution in [1.82, 2.24) is 10.3 Å². The summed E-state index contributed by atoms with van der Waals surface area (Å²) in [5.41, 5.74) is 1.41. The molecule has 1 amide bonds. The van der Waals surface area contributed by atoms with Crippen molar-refractivity contribution in [2.45, 2.75) is 12.5 Å². The number of ether oxygens (including phenoxy) is 1. The van der Waals surface area contributed by atoms with Crippen LogP contribution in [0.2, 0.25) is 0 Å². The van der Waals surface area contributed by atoms with Crippen LogP contribution in [0.25, 0.3) is 0 Å². The standard InChI is InChI=1S/C12H14N4O2/c1-18-12(17)15-10-3-5-16(8-10)11-7-14-4-2-9(11)6-13/h2,4,7,10H,3,5,8H2,1H3,(H,15,17). The first-order valence-electron chi connectivity index (χ1n) is 5.68. The molecule has 18 heavy (non-hydrogen) atoms. The molecule has 2 heterocycles. The van der Waals surface area contributed by atoms with E-state index in [4.69, 9.17) is 5.26 Å². The largest absolute Gasteiger partial charge is 0.453 e. The lowest BCUT2D eigenvalue weighted by atomic mass is 10.2. The smallest absolute Gasteiger partial charge is 0.407 e. The fourth-order valence-corrected chi connectivity index (χ4v) is 2.06. The summed E-state index contributed by atoms with van der Waals surface area (Å²) in [6.45, 7) is 1.45. The van der Waals surface area contributed by atoms with E-state index in [9.17, 15) is 4.79 Å². The van der Waals surface area contributed by atoms with Gasteiger partial charge in [-0.25, -0.2) is 4.79 Å². The van der Waals surface area contributed by atoms with Gasteiger partial charge >= 0.3 is 6.09 Å². The van der Waals surface area contributed by atoms with Gasteiger partial charge in [0, 0.05) is 19.3 Å². The van der Waals surface area contributed by atoms with E-state index in [1.807, 2.05) is 4.90 Å². The van der Waals surface area contributed by atoms with Crippen LogP contribution in [0.3, 0.4) is 0 Å². The molecule has 1 aliphatic rings. The molecule has 0 saturated carbocycles. The quantitative estimate of drug-likeness (QED) is 0.838. The summed E-state index contributed by atoms with van der Waals surface area (Å²) in [4.78, 5) is 17.2. The molecule has 2 rings (SSSR count). The summed E-state index contributed by atoms with van der Waals surface area (Å²) in [5, 5.41) is 11.8. The van der Waals surface area contributed by atoms with Crippen LogP contribution >= 0.6 is 0 Å². The number of methoxy groups -OCH3 is 1. The Labute approximate surface area is 105 Å². The molecule has 1 N–H and O–H groups in total. The van der Waals surface area contributed by atoms with Crippen molar-refractivity contribution in [2.24, 2.45) is 0 Å². The fraction of sp³-hybridized carbons (Fsp3) is 0.417. The average molecular weight is 246 g/mol. The van der Waals surface area contributed by atoms with Gasteiger partial charge in [0.25, 0.3) is 0 Å². The van der Waals surface area contributed by atoms with Gasteiger partial charge in [-0.3, -0.25) is 4.98 Å². The molecule has 1 saturated heterocycles. The van der Waals surface area contributed by atoms with Gasteiger partial charge in [0.15, 0.2) is 0 Å². The first-order valence-corrected chi connectivity index (χ1v) is 5.68. The lowest BCUT2D eigenvalue weighted by Crippen LogP contribution is -2.37. The highest BCUT2D eigenvalue weighted by molar-refractivity contribution is 5.68. The van der Waals surface area contributed by atoms with E-state index in [0.29, 0.717) is 12.1 Å². The number of rotatable bonds is 2. The van der Waals surface area contributed by atoms with Gasteiger partial charge in [-0.2, -0.15) is 5.26 Å². The van der Waals surface area contributed by atoms with Crippen LogP contribution in [0, 0.1) is 11.3 Å². The molecule has 6 nitrogen and oxygen atoms in total. The molecule has 0 spiro atoms. The predicted molar refractivity (Wildman–Crippen MR) is 65.1 cm³/mol. The Morgan fingerprint density at radius 2 is 2.56 bits per heavy atom. The van der Waals surface area contributed by atoms with Crippen molar-refractivity contribution >= 4 is 11.8 Å². The maximum atomic E-state index is 11.1. The molecule has 1 aliphatic heterocycles. The van der Waals surface area contributed by atoms with Crippen molar-refractivity contribution in [3.05, 3.63) is 24.0 Å². The first kappa shape index (κ1) is 12.2. The minimum Gasteiger partial charge on any atom is -0.453 e. The van der Waals surface area contributed by atoms with E-state index in [2.05, 4.69) is 21.1 Å². The van der Waals surface area contributed by atoms with Crippen molar-refractivity contribution in [1.29, 1.82) is 5.26 Å². The molecule has 1 aromatic rings. The van der Waals surface area contributed by atoms with Gasteiger partial charge in [0.1, 0.15) is 6.07 Å². The molecule has 1 atom stereocenters. The SMILES string of the molecule is COC(=O)NC1CCN(c2cnccc2C#N)C1. The molecule has 0 aliphatic carbocycles. The molecule has 1 aromatic heterocycles. The number of nitrogens with one attached hydrogen (secondary N) is 1. The first-order chi connectivity index (χ1) is 8.74. The van der Waals surface area contributed by atoms with E-state index >= 15 is 0 Å². The Bertz CT molecular complexity index is 483. The molecular weight excluding hydrogens is 232 g/mol. The summed E-state index contributed by atoms with van der Waals surface area (Å²) < 4.78 is 4.56. The second kappa shape index (κ2) is 5.36. The van der Waals surface area contributed by atoms with E-state index < -0.39 is 6.09 Å². The van der Waals surface area contributed by atoms with Gasteiger partial charge < -0.3 is 15.0 Å². The number of aromatic nitrogens is 1. The van der Waals surface area contributed by atoms with Crippen LogP contribution in [0.4, 0.5) is 10.5 Å². The van der Waals surface area contributed by atoms with Crippen molar-refractivity contribution in [3.63, 3.8) is 0 Å². The summed E-state index contributed by atoms with van der Waals surface area (Å²) >= 11 is 0. The zero-order valence-corrected chi connectivity index (χ0v) is 10.1. The lowest BCUT2D eigenvalue weighted by molar-refractivity contribution is 0.167. The Balaban J connectivity index is 2.05. The fourth-order valence-electron chi connectivity index (χ4n) is 2.06. The van der Waals surface area contributed by atoms with Crippen molar-refractivity contribution in [2.75, 3.05) is 25.1 Å². The number of hydrogen-bond donors (Lipinski definition) is 1. The number of carbonyl (C=O) groups excluding carboxylic acids is 1. The summed E-state index contributed by atoms with van der Waals surface area (Å²) in [6.07, 6.45) is 3.68.